The number of hydrogen-bond donors (Lipinski definition) is 0. The molecular weight excluding hydrogens is 160 g/mol. The Morgan fingerprint density at radius 3 is 3.15 bits per heavy atom. The van der Waals surface area contributed by atoms with Crippen molar-refractivity contribution in [3.63, 3.8) is 0 Å². The molecule has 1 aromatic carbocycles. The number of pyridine rings is 1. The topological polar surface area (TPSA) is 17.3 Å². The Kier molecular flexibility index (Phi) is 1.19. The first kappa shape index (κ1) is 6.66. The molecule has 0 unspecified atom stereocenters. The van der Waals surface area contributed by atoms with E-state index in [-0.39, 0.29) is 0 Å². The van der Waals surface area contributed by atoms with Crippen molar-refractivity contribution in [1.82, 2.24) is 9.38 Å². The van der Waals surface area contributed by atoms with Crippen molar-refractivity contribution < 1.29 is 0 Å². The van der Waals surface area contributed by atoms with Crippen molar-refractivity contribution in [2.75, 3.05) is 0 Å². The molecule has 0 aliphatic rings. The van der Waals surface area contributed by atoms with Gasteiger partial charge in [0, 0.05) is 5.39 Å². The molecule has 3 rings (SSSR count). The first-order chi connectivity index (χ1) is 6.45. The molecule has 0 saturated carbocycles. The summed E-state index contributed by atoms with van der Waals surface area (Å²) in [5, 5.41) is 2.43. The maximum atomic E-state index is 4.08. The van der Waals surface area contributed by atoms with Crippen LogP contribution >= 0.6 is 0 Å². The van der Waals surface area contributed by atoms with Gasteiger partial charge in [-0.3, -0.25) is 4.40 Å². The second-order valence-electron chi connectivity index (χ2n) is 3.01. The lowest BCUT2D eigenvalue weighted by Gasteiger charge is -1.98. The van der Waals surface area contributed by atoms with Gasteiger partial charge in [0.1, 0.15) is 0 Å². The molecule has 13 heavy (non-hydrogen) atoms. The molecule has 0 spiro atoms. The molecule has 0 N–H and O–H groups in total. The average Bonchev–Trinajstić information content (AvgIpc) is 2.65. The van der Waals surface area contributed by atoms with Crippen molar-refractivity contribution >= 4 is 16.3 Å². The van der Waals surface area contributed by atoms with E-state index >= 15 is 0 Å². The summed E-state index contributed by atoms with van der Waals surface area (Å²) in [5.41, 5.74) is 1.11. The zero-order chi connectivity index (χ0) is 8.67. The lowest BCUT2D eigenvalue weighted by molar-refractivity contribution is 1.15. The van der Waals surface area contributed by atoms with Gasteiger partial charge in [0.2, 0.25) is 0 Å². The number of fused-ring (bicyclic) bond motifs is 3. The summed E-state index contributed by atoms with van der Waals surface area (Å²) in [6, 6.07) is 10.2. The maximum Gasteiger partial charge on any atom is 0.0997 e. The van der Waals surface area contributed by atoms with Crippen molar-refractivity contribution in [1.29, 1.82) is 0 Å². The Morgan fingerprint density at radius 2 is 2.15 bits per heavy atom. The van der Waals surface area contributed by atoms with Crippen molar-refractivity contribution in [2.24, 2.45) is 0 Å². The Bertz CT molecular complexity index is 566. The van der Waals surface area contributed by atoms with Gasteiger partial charge in [-0.15, -0.1) is 0 Å². The van der Waals surface area contributed by atoms with E-state index in [2.05, 4.69) is 23.3 Å². The minimum absolute atomic E-state index is 1.11. The third-order valence-electron chi connectivity index (χ3n) is 2.23. The molecule has 2 heteroatoms. The van der Waals surface area contributed by atoms with Crippen LogP contribution < -0.4 is 0 Å². The summed E-state index contributed by atoms with van der Waals surface area (Å²) in [5.74, 6) is 0. The van der Waals surface area contributed by atoms with Gasteiger partial charge in [-0.25, -0.2) is 4.98 Å². The molecule has 2 nitrogen and oxygen atoms in total. The SMILES string of the molecule is [c]1cc2ccccc2c2cncn12. The lowest BCUT2D eigenvalue weighted by Crippen LogP contribution is -1.82. The van der Waals surface area contributed by atoms with Crippen LogP contribution in [-0.2, 0) is 0 Å². The number of benzene rings is 1. The summed E-state index contributed by atoms with van der Waals surface area (Å²) in [4.78, 5) is 4.08. The summed E-state index contributed by atoms with van der Waals surface area (Å²) in [7, 11) is 0. The molecule has 3 aromatic rings. The summed E-state index contributed by atoms with van der Waals surface area (Å²) < 4.78 is 1.91. The third kappa shape index (κ3) is 0.855. The molecule has 2 heterocycles. The van der Waals surface area contributed by atoms with E-state index in [1.54, 1.807) is 6.33 Å². The van der Waals surface area contributed by atoms with Crippen molar-refractivity contribution in [3.05, 3.63) is 49.1 Å². The van der Waals surface area contributed by atoms with Crippen LogP contribution in [0.2, 0.25) is 0 Å². The molecule has 0 fully saturated rings. The van der Waals surface area contributed by atoms with E-state index in [1.165, 1.54) is 10.8 Å². The van der Waals surface area contributed by atoms with Crippen LogP contribution in [0.15, 0.2) is 42.9 Å². The maximum absolute atomic E-state index is 4.08. The normalized spacial score (nSPS) is 11.1. The molecule has 2 aromatic heterocycles. The van der Waals surface area contributed by atoms with Gasteiger partial charge in [0.15, 0.2) is 0 Å². The monoisotopic (exact) mass is 167 g/mol. The second-order valence-corrected chi connectivity index (χ2v) is 3.01. The minimum atomic E-state index is 1.11. The van der Waals surface area contributed by atoms with Gasteiger partial charge >= 0.3 is 0 Å². The Labute approximate surface area is 75.5 Å². The van der Waals surface area contributed by atoms with E-state index in [0.29, 0.717) is 0 Å². The van der Waals surface area contributed by atoms with Gasteiger partial charge in [0.25, 0.3) is 0 Å². The van der Waals surface area contributed by atoms with Gasteiger partial charge in [-0.1, -0.05) is 24.3 Å². The summed E-state index contributed by atoms with van der Waals surface area (Å²) in [6.45, 7) is 0. The zero-order valence-electron chi connectivity index (χ0n) is 6.94. The van der Waals surface area contributed by atoms with Gasteiger partial charge < -0.3 is 0 Å². The predicted molar refractivity (Wildman–Crippen MR) is 51.5 cm³/mol. The molecule has 61 valence electrons. The third-order valence-corrected chi connectivity index (χ3v) is 2.23. The first-order valence-corrected chi connectivity index (χ1v) is 4.17. The van der Waals surface area contributed by atoms with E-state index in [1.807, 2.05) is 28.8 Å². The molecular formula is C11H7N2. The highest BCUT2D eigenvalue weighted by Gasteiger charge is 1.98. The van der Waals surface area contributed by atoms with Crippen LogP contribution in [0.25, 0.3) is 16.3 Å². The Hall–Kier alpha value is -1.83. The fraction of sp³-hybridized carbons (Fsp3) is 0. The Balaban J connectivity index is 2.65. The highest BCUT2D eigenvalue weighted by atomic mass is 15.0. The molecule has 0 aliphatic carbocycles. The molecule has 0 amide bonds. The van der Waals surface area contributed by atoms with E-state index in [9.17, 15) is 0 Å². The highest BCUT2D eigenvalue weighted by molar-refractivity contribution is 5.95. The molecule has 0 saturated heterocycles. The summed E-state index contributed by atoms with van der Waals surface area (Å²) >= 11 is 0. The smallest absolute Gasteiger partial charge is 0.0997 e. The predicted octanol–water partition coefficient (Wildman–Crippen LogP) is 2.29. The number of nitrogens with zero attached hydrogens (tertiary/aromatic N) is 2. The van der Waals surface area contributed by atoms with E-state index < -0.39 is 0 Å². The number of hydrogen-bond acceptors (Lipinski definition) is 1. The van der Waals surface area contributed by atoms with Gasteiger partial charge in [-0.05, 0) is 11.5 Å². The van der Waals surface area contributed by atoms with E-state index in [0.717, 1.165) is 5.52 Å². The second kappa shape index (κ2) is 2.33. The average molecular weight is 167 g/mol. The number of rotatable bonds is 0. The quantitative estimate of drug-likeness (QED) is 0.502. The van der Waals surface area contributed by atoms with Crippen LogP contribution in [0.1, 0.15) is 0 Å². The lowest BCUT2D eigenvalue weighted by atomic mass is 10.1. The van der Waals surface area contributed by atoms with Crippen LogP contribution in [0, 0.1) is 6.20 Å². The van der Waals surface area contributed by atoms with Crippen LogP contribution in [0.4, 0.5) is 0 Å². The molecule has 0 bridgehead atoms. The summed E-state index contributed by atoms with van der Waals surface area (Å²) in [6.07, 6.45) is 6.75. The zero-order valence-corrected chi connectivity index (χ0v) is 6.94. The van der Waals surface area contributed by atoms with Gasteiger partial charge in [-0.2, -0.15) is 0 Å². The van der Waals surface area contributed by atoms with Crippen molar-refractivity contribution in [2.45, 2.75) is 0 Å². The van der Waals surface area contributed by atoms with E-state index in [4.69, 9.17) is 0 Å². The number of imidazole rings is 1. The van der Waals surface area contributed by atoms with Crippen molar-refractivity contribution in [3.8, 4) is 0 Å². The first-order valence-electron chi connectivity index (χ1n) is 4.17. The fourth-order valence-electron chi connectivity index (χ4n) is 1.59. The Morgan fingerprint density at radius 1 is 1.23 bits per heavy atom. The number of aromatic nitrogens is 2. The largest absolute Gasteiger partial charge is 0.297 e. The molecule has 1 radical (unpaired) electrons. The highest BCUT2D eigenvalue weighted by Crippen LogP contribution is 2.18. The standard InChI is InChI=1S/C11H7N2/c1-2-4-10-9(3-1)5-6-13-8-12-7-11(10)13/h1-5,7-8H. The van der Waals surface area contributed by atoms with Crippen LogP contribution in [-0.4, -0.2) is 9.38 Å². The van der Waals surface area contributed by atoms with Crippen LogP contribution in [0.5, 0.6) is 0 Å². The molecule has 0 aliphatic heterocycles. The van der Waals surface area contributed by atoms with Crippen LogP contribution in [0.3, 0.4) is 0 Å². The van der Waals surface area contributed by atoms with Gasteiger partial charge in [0.05, 0.1) is 24.2 Å². The molecule has 0 atom stereocenters. The fourth-order valence-corrected chi connectivity index (χ4v) is 1.59. The minimum Gasteiger partial charge on any atom is -0.297 e.